The van der Waals surface area contributed by atoms with E-state index < -0.39 is 34.6 Å². The van der Waals surface area contributed by atoms with Crippen LogP contribution in [0.1, 0.15) is 48.4 Å². The fourth-order valence-electron chi connectivity index (χ4n) is 3.41. The lowest BCUT2D eigenvalue weighted by molar-refractivity contribution is -0.384. The highest BCUT2D eigenvalue weighted by molar-refractivity contribution is 5.91. The van der Waals surface area contributed by atoms with Crippen LogP contribution < -0.4 is 4.74 Å². The van der Waals surface area contributed by atoms with Gasteiger partial charge in [-0.3, -0.25) is 10.1 Å². The molecule has 0 aliphatic carbocycles. The molecule has 0 aliphatic rings. The number of hydrogen-bond acceptors (Lipinski definition) is 8. The Hall–Kier alpha value is -4.74. The van der Waals surface area contributed by atoms with Gasteiger partial charge in [-0.15, -0.1) is 0 Å². The first kappa shape index (κ1) is 26.9. The van der Waals surface area contributed by atoms with Gasteiger partial charge in [-0.05, 0) is 50.6 Å². The maximum atomic E-state index is 12.5. The van der Waals surface area contributed by atoms with Crippen LogP contribution in [-0.2, 0) is 4.74 Å². The van der Waals surface area contributed by atoms with Crippen molar-refractivity contribution in [2.24, 2.45) is 0 Å². The minimum Gasteiger partial charge on any atom is -0.464 e. The highest BCUT2D eigenvalue weighted by Crippen LogP contribution is 2.27. The molecule has 194 valence electrons. The van der Waals surface area contributed by atoms with E-state index in [2.05, 4.69) is 4.98 Å². The largest absolute Gasteiger partial charge is 0.464 e. The lowest BCUT2D eigenvalue weighted by Gasteiger charge is -2.27. The average molecular weight is 511 g/mol. The summed E-state index contributed by atoms with van der Waals surface area (Å²) in [5.74, 6) is -0.959. The van der Waals surface area contributed by atoms with E-state index in [4.69, 9.17) is 9.47 Å². The summed E-state index contributed by atoms with van der Waals surface area (Å²) in [5, 5.41) is 20.4. The molecular weight excluding hydrogens is 484 g/mol. The van der Waals surface area contributed by atoms with Gasteiger partial charge in [0.25, 0.3) is 5.69 Å². The molecule has 1 N–H and O–H groups in total. The molecule has 0 bridgehead atoms. The zero-order valence-electron chi connectivity index (χ0n) is 20.7. The molecular formula is C25H26N4O8. The minimum absolute atomic E-state index is 0.0567. The van der Waals surface area contributed by atoms with Gasteiger partial charge in [0.05, 0.1) is 16.4 Å². The molecule has 1 unspecified atom stereocenters. The van der Waals surface area contributed by atoms with E-state index in [1.54, 1.807) is 32.9 Å². The molecule has 0 radical (unpaired) electrons. The van der Waals surface area contributed by atoms with Crippen LogP contribution in [0.2, 0.25) is 0 Å². The standard InChI is InChI=1S/C25H26N4O8/c1-25(2,3)37-24(33)27(4)15-20(21-26-13-14-28(21)23(31)32)16-7-11-19(12-8-16)36-22(30)17-5-9-18(10-6-17)29(34)35/h5-14,20H,15H2,1-4H3,(H,31,32). The van der Waals surface area contributed by atoms with Crippen molar-refractivity contribution in [2.45, 2.75) is 32.3 Å². The summed E-state index contributed by atoms with van der Waals surface area (Å²) in [4.78, 5) is 52.4. The van der Waals surface area contributed by atoms with Crippen LogP contribution in [0.3, 0.4) is 0 Å². The van der Waals surface area contributed by atoms with Crippen molar-refractivity contribution >= 4 is 23.8 Å². The SMILES string of the molecule is CN(CC(c1ccc(OC(=O)c2ccc([N+](=O)[O-])cc2)cc1)c1nccn1C(=O)O)C(=O)OC(C)(C)C. The summed E-state index contributed by atoms with van der Waals surface area (Å²) in [5.41, 5.74) is -0.118. The Labute approximate surface area is 212 Å². The third-order valence-electron chi connectivity index (χ3n) is 5.16. The van der Waals surface area contributed by atoms with Crippen LogP contribution in [0.15, 0.2) is 60.9 Å². The molecule has 0 saturated heterocycles. The van der Waals surface area contributed by atoms with Gasteiger partial charge in [-0.1, -0.05) is 12.1 Å². The number of carboxylic acid groups (broad SMARTS) is 1. The number of carbonyl (C=O) groups excluding carboxylic acids is 2. The number of non-ortho nitro benzene ring substituents is 1. The lowest BCUT2D eigenvalue weighted by atomic mass is 9.97. The maximum absolute atomic E-state index is 12.5. The molecule has 3 aromatic rings. The van der Waals surface area contributed by atoms with E-state index in [0.29, 0.717) is 5.56 Å². The molecule has 12 heteroatoms. The second-order valence-electron chi connectivity index (χ2n) is 9.11. The Kier molecular flexibility index (Phi) is 7.91. The molecule has 37 heavy (non-hydrogen) atoms. The zero-order valence-corrected chi connectivity index (χ0v) is 20.7. The van der Waals surface area contributed by atoms with Crippen LogP contribution in [-0.4, -0.2) is 61.8 Å². The molecule has 1 aromatic heterocycles. The van der Waals surface area contributed by atoms with Gasteiger partial charge in [-0.25, -0.2) is 23.9 Å². The number of benzene rings is 2. The Balaban J connectivity index is 1.83. The van der Waals surface area contributed by atoms with Crippen LogP contribution in [0.25, 0.3) is 0 Å². The van der Waals surface area contributed by atoms with Crippen LogP contribution >= 0.6 is 0 Å². The number of carbonyl (C=O) groups is 3. The topological polar surface area (TPSA) is 154 Å². The average Bonchev–Trinajstić information content (AvgIpc) is 3.32. The van der Waals surface area contributed by atoms with Gasteiger partial charge in [-0.2, -0.15) is 0 Å². The van der Waals surface area contributed by atoms with Gasteiger partial charge < -0.3 is 19.5 Å². The summed E-state index contributed by atoms with van der Waals surface area (Å²) in [7, 11) is 1.54. The van der Waals surface area contributed by atoms with Crippen molar-refractivity contribution in [1.29, 1.82) is 0 Å². The van der Waals surface area contributed by atoms with Crippen LogP contribution in [0.4, 0.5) is 15.3 Å². The monoisotopic (exact) mass is 510 g/mol. The second kappa shape index (κ2) is 10.9. The summed E-state index contributed by atoms with van der Waals surface area (Å²) in [6.07, 6.45) is 0.841. The first-order valence-corrected chi connectivity index (χ1v) is 11.1. The normalized spacial score (nSPS) is 11.9. The van der Waals surface area contributed by atoms with Crippen molar-refractivity contribution in [1.82, 2.24) is 14.5 Å². The highest BCUT2D eigenvalue weighted by Gasteiger charge is 2.27. The Morgan fingerprint density at radius 3 is 2.27 bits per heavy atom. The van der Waals surface area contributed by atoms with Crippen LogP contribution in [0, 0.1) is 10.1 Å². The van der Waals surface area contributed by atoms with Crippen molar-refractivity contribution < 1.29 is 33.9 Å². The van der Waals surface area contributed by atoms with Crippen molar-refractivity contribution in [3.05, 3.63) is 88.0 Å². The number of aromatic nitrogens is 2. The fourth-order valence-corrected chi connectivity index (χ4v) is 3.41. The van der Waals surface area contributed by atoms with Gasteiger partial charge in [0.1, 0.15) is 17.2 Å². The number of amides is 1. The Morgan fingerprint density at radius 1 is 1.11 bits per heavy atom. The predicted molar refractivity (Wildman–Crippen MR) is 131 cm³/mol. The number of likely N-dealkylation sites (N-methyl/N-ethyl adjacent to an activating group) is 1. The zero-order chi connectivity index (χ0) is 27.3. The van der Waals surface area contributed by atoms with Crippen LogP contribution in [0.5, 0.6) is 5.75 Å². The number of hydrogen-bond donors (Lipinski definition) is 1. The molecule has 1 heterocycles. The number of nitrogens with zero attached hydrogens (tertiary/aromatic N) is 4. The third kappa shape index (κ3) is 6.90. The van der Waals surface area contributed by atoms with Gasteiger partial charge in [0, 0.05) is 38.1 Å². The number of nitro benzene ring substituents is 1. The maximum Gasteiger partial charge on any atom is 0.417 e. The molecule has 0 fully saturated rings. The van der Waals surface area contributed by atoms with Crippen molar-refractivity contribution in [3.63, 3.8) is 0 Å². The molecule has 1 amide bonds. The molecule has 2 aromatic carbocycles. The Bertz CT molecular complexity index is 1290. The highest BCUT2D eigenvalue weighted by atomic mass is 16.6. The van der Waals surface area contributed by atoms with Gasteiger partial charge >= 0.3 is 18.2 Å². The molecule has 0 spiro atoms. The van der Waals surface area contributed by atoms with Crippen molar-refractivity contribution in [3.8, 4) is 5.75 Å². The lowest BCUT2D eigenvalue weighted by Crippen LogP contribution is -2.37. The third-order valence-corrected chi connectivity index (χ3v) is 5.16. The summed E-state index contributed by atoms with van der Waals surface area (Å²) in [6, 6.07) is 11.3. The first-order chi connectivity index (χ1) is 17.4. The fraction of sp³-hybridized carbons (Fsp3) is 0.280. The number of esters is 1. The van der Waals surface area contributed by atoms with E-state index in [0.717, 1.165) is 4.57 Å². The van der Waals surface area contributed by atoms with E-state index in [1.165, 1.54) is 60.7 Å². The molecule has 3 rings (SSSR count). The summed E-state index contributed by atoms with van der Waals surface area (Å²) >= 11 is 0. The summed E-state index contributed by atoms with van der Waals surface area (Å²) in [6.45, 7) is 5.28. The number of nitro groups is 1. The van der Waals surface area contributed by atoms with E-state index in [9.17, 15) is 29.6 Å². The molecule has 12 nitrogen and oxygen atoms in total. The van der Waals surface area contributed by atoms with E-state index >= 15 is 0 Å². The second-order valence-corrected chi connectivity index (χ2v) is 9.11. The number of ether oxygens (including phenoxy) is 2. The quantitative estimate of drug-likeness (QED) is 0.209. The Morgan fingerprint density at radius 2 is 1.73 bits per heavy atom. The van der Waals surface area contributed by atoms with E-state index in [1.807, 2.05) is 0 Å². The number of imidazole rings is 1. The van der Waals surface area contributed by atoms with Gasteiger partial charge in [0.15, 0.2) is 0 Å². The minimum atomic E-state index is -1.23. The predicted octanol–water partition coefficient (Wildman–Crippen LogP) is 4.54. The molecule has 1 atom stereocenters. The molecule has 0 saturated carbocycles. The van der Waals surface area contributed by atoms with Crippen molar-refractivity contribution in [2.75, 3.05) is 13.6 Å². The number of rotatable bonds is 7. The van der Waals surface area contributed by atoms with E-state index in [-0.39, 0.29) is 29.4 Å². The first-order valence-electron chi connectivity index (χ1n) is 11.1. The van der Waals surface area contributed by atoms with Gasteiger partial charge in [0.2, 0.25) is 0 Å². The summed E-state index contributed by atoms with van der Waals surface area (Å²) < 4.78 is 11.7. The smallest absolute Gasteiger partial charge is 0.417 e. The molecule has 0 aliphatic heterocycles.